The molecule has 0 bridgehead atoms. The van der Waals surface area contributed by atoms with Crippen LogP contribution in [0, 0.1) is 0 Å². The molecule has 0 spiro atoms. The molecule has 0 aliphatic heterocycles. The van der Waals surface area contributed by atoms with Crippen molar-refractivity contribution >= 4 is 28.6 Å². The maximum absolute atomic E-state index is 13.4. The number of benzene rings is 2. The van der Waals surface area contributed by atoms with Crippen molar-refractivity contribution < 1.29 is 4.79 Å². The normalized spacial score (nSPS) is 13.8. The van der Waals surface area contributed by atoms with Crippen LogP contribution in [0.3, 0.4) is 0 Å². The highest BCUT2D eigenvalue weighted by Gasteiger charge is 2.24. The molecule has 0 radical (unpaired) electrons. The van der Waals surface area contributed by atoms with E-state index in [1.54, 1.807) is 10.6 Å². The lowest BCUT2D eigenvalue weighted by atomic mass is 10.0. The zero-order chi connectivity index (χ0) is 19.7. The van der Waals surface area contributed by atoms with Gasteiger partial charge < -0.3 is 5.32 Å². The van der Waals surface area contributed by atoms with Gasteiger partial charge in [-0.1, -0.05) is 55.9 Å². The van der Waals surface area contributed by atoms with Gasteiger partial charge in [-0.25, -0.2) is 4.98 Å². The summed E-state index contributed by atoms with van der Waals surface area (Å²) in [5.41, 5.74) is 2.44. The molecule has 0 saturated heterocycles. The SMILES string of the molecule is CC(C)c1ccccc1-n1c(SCC(=O)NC2CC2)nc2ccccc2c1=O. The van der Waals surface area contributed by atoms with Crippen LogP contribution >= 0.6 is 11.8 Å². The van der Waals surface area contributed by atoms with E-state index in [0.717, 1.165) is 24.1 Å². The van der Waals surface area contributed by atoms with Gasteiger partial charge in [0.1, 0.15) is 0 Å². The molecule has 1 amide bonds. The molecule has 1 saturated carbocycles. The van der Waals surface area contributed by atoms with E-state index in [1.807, 2.05) is 42.5 Å². The Balaban J connectivity index is 1.82. The Hall–Kier alpha value is -2.60. The van der Waals surface area contributed by atoms with Crippen LogP contribution in [0.4, 0.5) is 0 Å². The van der Waals surface area contributed by atoms with Crippen LogP contribution in [0.25, 0.3) is 16.6 Å². The molecule has 0 unspecified atom stereocenters. The minimum atomic E-state index is -0.108. The molecular formula is C22H23N3O2S. The summed E-state index contributed by atoms with van der Waals surface area (Å²) in [5, 5.41) is 4.11. The number of thioether (sulfide) groups is 1. The third-order valence-corrected chi connectivity index (χ3v) is 5.76. The predicted octanol–water partition coefficient (Wildman–Crippen LogP) is 3.88. The van der Waals surface area contributed by atoms with Crippen LogP contribution in [0.5, 0.6) is 0 Å². The van der Waals surface area contributed by atoms with Gasteiger partial charge in [0.15, 0.2) is 5.16 Å². The van der Waals surface area contributed by atoms with Crippen LogP contribution in [0.2, 0.25) is 0 Å². The molecule has 2 aromatic carbocycles. The van der Waals surface area contributed by atoms with E-state index in [-0.39, 0.29) is 23.1 Å². The third kappa shape index (κ3) is 3.83. The minimum absolute atomic E-state index is 0.0152. The average molecular weight is 394 g/mol. The second kappa shape index (κ2) is 7.80. The Morgan fingerprint density at radius 3 is 2.64 bits per heavy atom. The number of carbonyl (C=O) groups excluding carboxylic acids is 1. The Morgan fingerprint density at radius 1 is 1.18 bits per heavy atom. The zero-order valence-electron chi connectivity index (χ0n) is 16.0. The highest BCUT2D eigenvalue weighted by atomic mass is 32.2. The van der Waals surface area contributed by atoms with Gasteiger partial charge in [-0.15, -0.1) is 0 Å². The number of rotatable bonds is 6. The van der Waals surface area contributed by atoms with Crippen LogP contribution in [0.1, 0.15) is 38.2 Å². The van der Waals surface area contributed by atoms with Gasteiger partial charge in [-0.05, 0) is 42.5 Å². The summed E-state index contributed by atoms with van der Waals surface area (Å²) in [6.07, 6.45) is 2.11. The number of hydrogen-bond acceptors (Lipinski definition) is 4. The molecule has 3 aromatic rings. The second-order valence-electron chi connectivity index (χ2n) is 7.40. The van der Waals surface area contributed by atoms with Gasteiger partial charge in [0, 0.05) is 6.04 Å². The summed E-state index contributed by atoms with van der Waals surface area (Å²) in [4.78, 5) is 30.3. The first-order valence-electron chi connectivity index (χ1n) is 9.58. The summed E-state index contributed by atoms with van der Waals surface area (Å²) in [6.45, 7) is 4.21. The van der Waals surface area contributed by atoms with Crippen molar-refractivity contribution in [3.63, 3.8) is 0 Å². The van der Waals surface area contributed by atoms with Crippen molar-refractivity contribution in [2.75, 3.05) is 5.75 Å². The Bertz CT molecular complexity index is 1090. The van der Waals surface area contributed by atoms with E-state index in [9.17, 15) is 9.59 Å². The summed E-state index contributed by atoms with van der Waals surface area (Å²) in [7, 11) is 0. The van der Waals surface area contributed by atoms with Gasteiger partial charge in [0.05, 0.1) is 22.3 Å². The Kier molecular flexibility index (Phi) is 5.22. The monoisotopic (exact) mass is 393 g/mol. The number of fused-ring (bicyclic) bond motifs is 1. The lowest BCUT2D eigenvalue weighted by Crippen LogP contribution is -2.28. The topological polar surface area (TPSA) is 64.0 Å². The largest absolute Gasteiger partial charge is 0.353 e. The first-order valence-corrected chi connectivity index (χ1v) is 10.6. The van der Waals surface area contributed by atoms with Crippen molar-refractivity contribution in [3.05, 3.63) is 64.4 Å². The van der Waals surface area contributed by atoms with Gasteiger partial charge in [-0.2, -0.15) is 0 Å². The molecular weight excluding hydrogens is 370 g/mol. The highest BCUT2D eigenvalue weighted by molar-refractivity contribution is 7.99. The molecule has 1 aliphatic carbocycles. The first-order chi connectivity index (χ1) is 13.5. The molecule has 4 rings (SSSR count). The van der Waals surface area contributed by atoms with Gasteiger partial charge in [0.25, 0.3) is 5.56 Å². The van der Waals surface area contributed by atoms with Gasteiger partial charge >= 0.3 is 0 Å². The lowest BCUT2D eigenvalue weighted by molar-refractivity contribution is -0.118. The van der Waals surface area contributed by atoms with Crippen LogP contribution in [-0.2, 0) is 4.79 Å². The first kappa shape index (κ1) is 18.7. The molecule has 1 aromatic heterocycles. The van der Waals surface area contributed by atoms with E-state index < -0.39 is 0 Å². The Labute approximate surface area is 168 Å². The number of carbonyl (C=O) groups is 1. The van der Waals surface area contributed by atoms with Crippen LogP contribution < -0.4 is 10.9 Å². The van der Waals surface area contributed by atoms with E-state index >= 15 is 0 Å². The van der Waals surface area contributed by atoms with Crippen molar-refractivity contribution in [2.45, 2.75) is 43.8 Å². The number of nitrogens with one attached hydrogen (secondary N) is 1. The number of hydrogen-bond donors (Lipinski definition) is 1. The van der Waals surface area contributed by atoms with Crippen molar-refractivity contribution in [1.29, 1.82) is 0 Å². The second-order valence-corrected chi connectivity index (χ2v) is 8.34. The molecule has 0 atom stereocenters. The molecule has 1 heterocycles. The number of nitrogens with zero attached hydrogens (tertiary/aromatic N) is 2. The fourth-order valence-corrected chi connectivity index (χ4v) is 4.04. The third-order valence-electron chi connectivity index (χ3n) is 4.82. The molecule has 1 aliphatic rings. The van der Waals surface area contributed by atoms with Crippen LogP contribution in [0.15, 0.2) is 58.5 Å². The van der Waals surface area contributed by atoms with E-state index in [1.165, 1.54) is 11.8 Å². The summed E-state index contributed by atoms with van der Waals surface area (Å²) < 4.78 is 1.66. The van der Waals surface area contributed by atoms with E-state index in [4.69, 9.17) is 4.98 Å². The summed E-state index contributed by atoms with van der Waals surface area (Å²) >= 11 is 1.31. The van der Waals surface area contributed by atoms with Crippen molar-refractivity contribution in [1.82, 2.24) is 14.9 Å². The number of para-hydroxylation sites is 2. The van der Waals surface area contributed by atoms with E-state index in [2.05, 4.69) is 19.2 Å². The van der Waals surface area contributed by atoms with E-state index in [0.29, 0.717) is 22.1 Å². The molecule has 28 heavy (non-hydrogen) atoms. The average Bonchev–Trinajstić information content (AvgIpc) is 3.50. The van der Waals surface area contributed by atoms with Crippen molar-refractivity contribution in [3.8, 4) is 5.69 Å². The number of aromatic nitrogens is 2. The fourth-order valence-electron chi connectivity index (χ4n) is 3.23. The number of amides is 1. The molecule has 6 heteroatoms. The minimum Gasteiger partial charge on any atom is -0.353 e. The quantitative estimate of drug-likeness (QED) is 0.510. The summed E-state index contributed by atoms with van der Waals surface area (Å²) in [6, 6.07) is 15.6. The van der Waals surface area contributed by atoms with Gasteiger partial charge in [0.2, 0.25) is 5.91 Å². The van der Waals surface area contributed by atoms with Gasteiger partial charge in [-0.3, -0.25) is 14.2 Å². The maximum atomic E-state index is 13.4. The molecule has 5 nitrogen and oxygen atoms in total. The zero-order valence-corrected chi connectivity index (χ0v) is 16.8. The van der Waals surface area contributed by atoms with Crippen LogP contribution in [-0.4, -0.2) is 27.3 Å². The maximum Gasteiger partial charge on any atom is 0.266 e. The highest BCUT2D eigenvalue weighted by Crippen LogP contribution is 2.27. The lowest BCUT2D eigenvalue weighted by Gasteiger charge is -2.18. The Morgan fingerprint density at radius 2 is 1.89 bits per heavy atom. The fraction of sp³-hybridized carbons (Fsp3) is 0.318. The predicted molar refractivity (Wildman–Crippen MR) is 113 cm³/mol. The van der Waals surface area contributed by atoms with Crippen molar-refractivity contribution in [2.24, 2.45) is 0 Å². The standard InChI is InChI=1S/C22H23N3O2S/c1-14(2)16-7-4-6-10-19(16)25-21(27)17-8-3-5-9-18(17)24-22(25)28-13-20(26)23-15-11-12-15/h3-10,14-15H,11-13H2,1-2H3,(H,23,26). The molecule has 1 fully saturated rings. The summed E-state index contributed by atoms with van der Waals surface area (Å²) in [5.74, 6) is 0.481. The molecule has 1 N–H and O–H groups in total. The molecule has 144 valence electrons. The smallest absolute Gasteiger partial charge is 0.266 e.